The Morgan fingerprint density at radius 1 is 1.17 bits per heavy atom. The van der Waals surface area contributed by atoms with Crippen LogP contribution in [0.4, 0.5) is 0 Å². The van der Waals surface area contributed by atoms with Crippen LogP contribution in [-0.4, -0.2) is 48.4 Å². The van der Waals surface area contributed by atoms with Crippen LogP contribution < -0.4 is 0 Å². The third kappa shape index (κ3) is 5.98. The fourth-order valence-corrected chi connectivity index (χ4v) is 3.15. The van der Waals surface area contributed by atoms with Crippen molar-refractivity contribution in [2.24, 2.45) is 5.41 Å². The maximum atomic E-state index is 12.9. The average molecular weight is 316 g/mol. The summed E-state index contributed by atoms with van der Waals surface area (Å²) in [5, 5.41) is 0. The molecule has 2 rings (SSSR count). The molecular weight excluding hydrogens is 284 g/mol. The predicted molar refractivity (Wildman–Crippen MR) is 96.5 cm³/mol. The first kappa shape index (κ1) is 18.0. The van der Waals surface area contributed by atoms with E-state index in [0.29, 0.717) is 12.5 Å². The smallest absolute Gasteiger partial charge is 0.227 e. The Bertz CT molecular complexity index is 484. The Morgan fingerprint density at radius 3 is 2.35 bits per heavy atom. The molecule has 0 spiro atoms. The second kappa shape index (κ2) is 7.96. The molecule has 0 bridgehead atoms. The third-order valence-corrected chi connectivity index (χ3v) is 4.75. The van der Waals surface area contributed by atoms with Crippen molar-refractivity contribution >= 4 is 5.91 Å². The van der Waals surface area contributed by atoms with Gasteiger partial charge in [-0.25, -0.2) is 0 Å². The van der Waals surface area contributed by atoms with Crippen LogP contribution in [0.1, 0.15) is 45.6 Å². The van der Waals surface area contributed by atoms with Crippen LogP contribution in [0.25, 0.3) is 0 Å². The van der Waals surface area contributed by atoms with E-state index < -0.39 is 0 Å². The lowest BCUT2D eigenvalue weighted by Crippen LogP contribution is -2.48. The topological polar surface area (TPSA) is 23.6 Å². The molecule has 0 radical (unpaired) electrons. The fraction of sp³-hybridized carbons (Fsp3) is 0.650. The Balaban J connectivity index is 2.04. The molecule has 1 aliphatic heterocycles. The number of rotatable bonds is 5. The molecule has 128 valence electrons. The van der Waals surface area contributed by atoms with E-state index in [1.807, 2.05) is 18.2 Å². The summed E-state index contributed by atoms with van der Waals surface area (Å²) in [6.07, 6.45) is 3.78. The van der Waals surface area contributed by atoms with Gasteiger partial charge < -0.3 is 9.80 Å². The summed E-state index contributed by atoms with van der Waals surface area (Å²) >= 11 is 0. The lowest BCUT2D eigenvalue weighted by atomic mass is 9.91. The molecule has 0 N–H and O–H groups in total. The van der Waals surface area contributed by atoms with Gasteiger partial charge in [-0.1, -0.05) is 51.1 Å². The van der Waals surface area contributed by atoms with Crippen LogP contribution in [0.3, 0.4) is 0 Å². The average Bonchev–Trinajstić information content (AvgIpc) is 2.49. The highest BCUT2D eigenvalue weighted by molar-refractivity contribution is 5.79. The van der Waals surface area contributed by atoms with Crippen LogP contribution in [0, 0.1) is 5.41 Å². The second-order valence-corrected chi connectivity index (χ2v) is 8.09. The van der Waals surface area contributed by atoms with Gasteiger partial charge in [0.2, 0.25) is 5.91 Å². The number of hydrogen-bond donors (Lipinski definition) is 0. The molecule has 0 aromatic heterocycles. The van der Waals surface area contributed by atoms with Crippen LogP contribution in [0.5, 0.6) is 0 Å². The number of benzene rings is 1. The van der Waals surface area contributed by atoms with Gasteiger partial charge in [0.05, 0.1) is 6.42 Å². The second-order valence-electron chi connectivity index (χ2n) is 8.09. The van der Waals surface area contributed by atoms with E-state index in [4.69, 9.17) is 0 Å². The van der Waals surface area contributed by atoms with Gasteiger partial charge in [-0.05, 0) is 50.4 Å². The molecule has 0 unspecified atom stereocenters. The molecule has 1 aromatic rings. The summed E-state index contributed by atoms with van der Waals surface area (Å²) in [5.41, 5.74) is 1.38. The van der Waals surface area contributed by atoms with Crippen LogP contribution >= 0.6 is 0 Å². The van der Waals surface area contributed by atoms with Gasteiger partial charge >= 0.3 is 0 Å². The van der Waals surface area contributed by atoms with Crippen molar-refractivity contribution in [3.05, 3.63) is 35.9 Å². The fourth-order valence-electron chi connectivity index (χ4n) is 3.15. The van der Waals surface area contributed by atoms with Crippen molar-refractivity contribution in [3.63, 3.8) is 0 Å². The molecule has 1 aromatic carbocycles. The molecule has 1 saturated heterocycles. The molecule has 3 nitrogen and oxygen atoms in total. The van der Waals surface area contributed by atoms with Crippen molar-refractivity contribution in [2.45, 2.75) is 52.5 Å². The van der Waals surface area contributed by atoms with E-state index in [-0.39, 0.29) is 11.3 Å². The van der Waals surface area contributed by atoms with Crippen molar-refractivity contribution < 1.29 is 4.79 Å². The third-order valence-electron chi connectivity index (χ3n) is 4.75. The monoisotopic (exact) mass is 316 g/mol. The molecule has 1 aliphatic rings. The van der Waals surface area contributed by atoms with Crippen LogP contribution in [-0.2, 0) is 11.2 Å². The number of nitrogens with zero attached hydrogens (tertiary/aromatic N) is 2. The minimum absolute atomic E-state index is 0.261. The van der Waals surface area contributed by atoms with E-state index in [1.54, 1.807) is 0 Å². The van der Waals surface area contributed by atoms with E-state index in [2.05, 4.69) is 49.8 Å². The van der Waals surface area contributed by atoms with E-state index >= 15 is 0 Å². The SMILES string of the molecule is CN1CCC(N(CCC(C)(C)C)C(=O)Cc2ccccc2)CC1. The molecule has 1 amide bonds. The zero-order chi connectivity index (χ0) is 16.9. The van der Waals surface area contributed by atoms with Gasteiger partial charge in [-0.15, -0.1) is 0 Å². The summed E-state index contributed by atoms with van der Waals surface area (Å²) < 4.78 is 0. The van der Waals surface area contributed by atoms with Crippen LogP contribution in [0.2, 0.25) is 0 Å². The number of piperidine rings is 1. The maximum absolute atomic E-state index is 12.9. The summed E-state index contributed by atoms with van der Waals surface area (Å²) in [6, 6.07) is 10.5. The zero-order valence-corrected chi connectivity index (χ0v) is 15.2. The molecule has 23 heavy (non-hydrogen) atoms. The standard InChI is InChI=1S/C20H32N2O/c1-20(2,3)12-15-22(18-10-13-21(4)14-11-18)19(23)16-17-8-6-5-7-9-17/h5-9,18H,10-16H2,1-4H3. The number of hydrogen-bond acceptors (Lipinski definition) is 2. The van der Waals surface area contributed by atoms with Gasteiger partial charge in [0.15, 0.2) is 0 Å². The lowest BCUT2D eigenvalue weighted by Gasteiger charge is -2.38. The van der Waals surface area contributed by atoms with Gasteiger partial charge in [0.1, 0.15) is 0 Å². The molecule has 0 aliphatic carbocycles. The van der Waals surface area contributed by atoms with Gasteiger partial charge in [-0.2, -0.15) is 0 Å². The van der Waals surface area contributed by atoms with Crippen molar-refractivity contribution in [3.8, 4) is 0 Å². The first-order chi connectivity index (χ1) is 10.8. The van der Waals surface area contributed by atoms with E-state index in [9.17, 15) is 4.79 Å². The number of amides is 1. The minimum Gasteiger partial charge on any atom is -0.339 e. The first-order valence-corrected chi connectivity index (χ1v) is 8.87. The van der Waals surface area contributed by atoms with Crippen LogP contribution in [0.15, 0.2) is 30.3 Å². The van der Waals surface area contributed by atoms with Crippen molar-refractivity contribution in [1.29, 1.82) is 0 Å². The van der Waals surface area contributed by atoms with Crippen molar-refractivity contribution in [2.75, 3.05) is 26.7 Å². The maximum Gasteiger partial charge on any atom is 0.227 e. The molecule has 0 atom stereocenters. The highest BCUT2D eigenvalue weighted by Gasteiger charge is 2.27. The summed E-state index contributed by atoms with van der Waals surface area (Å²) in [4.78, 5) is 17.5. The van der Waals surface area contributed by atoms with Gasteiger partial charge in [0.25, 0.3) is 0 Å². The predicted octanol–water partition coefficient (Wildman–Crippen LogP) is 3.59. The minimum atomic E-state index is 0.261. The summed E-state index contributed by atoms with van der Waals surface area (Å²) in [6.45, 7) is 9.82. The normalized spacial score (nSPS) is 17.2. The summed E-state index contributed by atoms with van der Waals surface area (Å²) in [7, 11) is 2.17. The van der Waals surface area contributed by atoms with Crippen molar-refractivity contribution in [1.82, 2.24) is 9.80 Å². The molecule has 3 heteroatoms. The number of likely N-dealkylation sites (tertiary alicyclic amines) is 1. The molecular formula is C20H32N2O. The highest BCUT2D eigenvalue weighted by Crippen LogP contribution is 2.23. The van der Waals surface area contributed by atoms with E-state index in [1.165, 1.54) is 0 Å². The Morgan fingerprint density at radius 2 is 1.78 bits per heavy atom. The number of carbonyl (C=O) groups excluding carboxylic acids is 1. The largest absolute Gasteiger partial charge is 0.339 e. The zero-order valence-electron chi connectivity index (χ0n) is 15.2. The van der Waals surface area contributed by atoms with Gasteiger partial charge in [0, 0.05) is 12.6 Å². The Kier molecular flexibility index (Phi) is 6.23. The molecule has 0 saturated carbocycles. The quantitative estimate of drug-likeness (QED) is 0.829. The Labute approximate surface area is 141 Å². The lowest BCUT2D eigenvalue weighted by molar-refractivity contribution is -0.134. The summed E-state index contributed by atoms with van der Waals surface area (Å²) in [5.74, 6) is 0.287. The molecule has 1 heterocycles. The van der Waals surface area contributed by atoms with E-state index in [0.717, 1.165) is 44.5 Å². The van der Waals surface area contributed by atoms with Gasteiger partial charge in [-0.3, -0.25) is 4.79 Å². The number of carbonyl (C=O) groups is 1. The molecule has 1 fully saturated rings. The first-order valence-electron chi connectivity index (χ1n) is 8.87. The Hall–Kier alpha value is -1.35. The highest BCUT2D eigenvalue weighted by atomic mass is 16.2.